The first-order valence-electron chi connectivity index (χ1n) is 5.02. The van der Waals surface area contributed by atoms with Gasteiger partial charge in [0.1, 0.15) is 0 Å². The molecule has 1 atom stereocenters. The molecule has 0 spiro atoms. The Morgan fingerprint density at radius 3 is 2.00 bits per heavy atom. The molecule has 0 bridgehead atoms. The normalized spacial score (nSPS) is 12.2. The highest BCUT2D eigenvalue weighted by Crippen LogP contribution is 1.96. The van der Waals surface area contributed by atoms with E-state index >= 15 is 0 Å². The fourth-order valence-electron chi connectivity index (χ4n) is 1.12. The van der Waals surface area contributed by atoms with Gasteiger partial charge in [-0.2, -0.15) is 0 Å². The Kier molecular flexibility index (Phi) is 13.1. The number of hydrogen-bond acceptors (Lipinski definition) is 2. The van der Waals surface area contributed by atoms with Crippen LogP contribution in [0.2, 0.25) is 0 Å². The minimum atomic E-state index is 0.667. The third-order valence-corrected chi connectivity index (χ3v) is 1.63. The first kappa shape index (κ1) is 14.4. The second-order valence-corrected chi connectivity index (χ2v) is 3.04. The lowest BCUT2D eigenvalue weighted by Crippen LogP contribution is -2.35. The fraction of sp³-hybridized carbons (Fsp3) is 1.00. The molecule has 0 heterocycles. The standard InChI is InChI=1S/C8H20N2.C2H6/c1-5-6-8(9-2)7-10(3)4;1-2/h8-9H,5-7H2,1-4H3;1-2H3. The molecule has 0 saturated carbocycles. The minimum Gasteiger partial charge on any atom is -0.316 e. The largest absolute Gasteiger partial charge is 0.316 e. The van der Waals surface area contributed by atoms with E-state index in [1.807, 2.05) is 20.9 Å². The highest BCUT2D eigenvalue weighted by molar-refractivity contribution is 4.65. The van der Waals surface area contributed by atoms with Gasteiger partial charge in [-0.05, 0) is 27.6 Å². The third kappa shape index (κ3) is 9.92. The predicted octanol–water partition coefficient (Wildman–Crippen LogP) is 1.96. The number of likely N-dealkylation sites (N-methyl/N-ethyl adjacent to an activating group) is 2. The zero-order chi connectivity index (χ0) is 9.98. The zero-order valence-electron chi connectivity index (χ0n) is 9.65. The van der Waals surface area contributed by atoms with Crippen LogP contribution in [0.1, 0.15) is 33.6 Å². The highest BCUT2D eigenvalue weighted by atomic mass is 15.1. The summed E-state index contributed by atoms with van der Waals surface area (Å²) in [5, 5.41) is 3.29. The first-order chi connectivity index (χ1) is 5.70. The van der Waals surface area contributed by atoms with Gasteiger partial charge in [-0.3, -0.25) is 0 Å². The van der Waals surface area contributed by atoms with E-state index in [0.717, 1.165) is 6.54 Å². The maximum absolute atomic E-state index is 3.29. The van der Waals surface area contributed by atoms with Crippen LogP contribution in [0.4, 0.5) is 0 Å². The van der Waals surface area contributed by atoms with Gasteiger partial charge >= 0.3 is 0 Å². The van der Waals surface area contributed by atoms with Gasteiger partial charge in [0.25, 0.3) is 0 Å². The molecule has 0 aliphatic heterocycles. The van der Waals surface area contributed by atoms with E-state index in [9.17, 15) is 0 Å². The number of rotatable bonds is 5. The lowest BCUT2D eigenvalue weighted by molar-refractivity contribution is 0.336. The van der Waals surface area contributed by atoms with E-state index in [2.05, 4.69) is 31.2 Å². The molecule has 0 amide bonds. The van der Waals surface area contributed by atoms with Crippen LogP contribution in [0.3, 0.4) is 0 Å². The summed E-state index contributed by atoms with van der Waals surface area (Å²) in [6, 6.07) is 0.667. The van der Waals surface area contributed by atoms with Gasteiger partial charge in [0.05, 0.1) is 0 Å². The van der Waals surface area contributed by atoms with E-state index in [1.165, 1.54) is 12.8 Å². The molecule has 0 aromatic heterocycles. The summed E-state index contributed by atoms with van der Waals surface area (Å²) in [4.78, 5) is 2.22. The molecule has 0 saturated heterocycles. The Hall–Kier alpha value is -0.0800. The number of nitrogens with zero attached hydrogens (tertiary/aromatic N) is 1. The van der Waals surface area contributed by atoms with Crippen LogP contribution < -0.4 is 5.32 Å². The lowest BCUT2D eigenvalue weighted by Gasteiger charge is -2.19. The summed E-state index contributed by atoms with van der Waals surface area (Å²) in [7, 11) is 6.25. The van der Waals surface area contributed by atoms with E-state index in [1.54, 1.807) is 0 Å². The van der Waals surface area contributed by atoms with Crippen molar-refractivity contribution in [2.75, 3.05) is 27.7 Å². The summed E-state index contributed by atoms with van der Waals surface area (Å²) in [5.74, 6) is 0. The van der Waals surface area contributed by atoms with Gasteiger partial charge in [-0.1, -0.05) is 27.2 Å². The van der Waals surface area contributed by atoms with Crippen LogP contribution in [0.15, 0.2) is 0 Å². The van der Waals surface area contributed by atoms with Gasteiger partial charge < -0.3 is 10.2 Å². The Bertz CT molecular complexity index is 72.2. The second kappa shape index (κ2) is 10.9. The summed E-state index contributed by atoms with van der Waals surface area (Å²) in [5.41, 5.74) is 0. The fourth-order valence-corrected chi connectivity index (χ4v) is 1.12. The Morgan fingerprint density at radius 1 is 1.25 bits per heavy atom. The molecule has 0 aromatic rings. The monoisotopic (exact) mass is 174 g/mol. The quantitative estimate of drug-likeness (QED) is 0.685. The molecule has 2 nitrogen and oxygen atoms in total. The summed E-state index contributed by atoms with van der Waals surface area (Å²) in [6.07, 6.45) is 2.54. The van der Waals surface area contributed by atoms with Crippen LogP contribution in [0.25, 0.3) is 0 Å². The molecule has 76 valence electrons. The van der Waals surface area contributed by atoms with Crippen molar-refractivity contribution in [3.05, 3.63) is 0 Å². The predicted molar refractivity (Wildman–Crippen MR) is 57.7 cm³/mol. The molecule has 0 aliphatic carbocycles. The average molecular weight is 174 g/mol. The van der Waals surface area contributed by atoms with Gasteiger partial charge in [-0.15, -0.1) is 0 Å². The first-order valence-corrected chi connectivity index (χ1v) is 5.02. The topological polar surface area (TPSA) is 15.3 Å². The second-order valence-electron chi connectivity index (χ2n) is 3.04. The average Bonchev–Trinajstić information content (AvgIpc) is 2.07. The summed E-state index contributed by atoms with van der Waals surface area (Å²) < 4.78 is 0. The Morgan fingerprint density at radius 2 is 1.75 bits per heavy atom. The molecule has 12 heavy (non-hydrogen) atoms. The maximum Gasteiger partial charge on any atom is 0.0191 e. The van der Waals surface area contributed by atoms with Crippen LogP contribution in [0, 0.1) is 0 Å². The van der Waals surface area contributed by atoms with Crippen molar-refractivity contribution < 1.29 is 0 Å². The summed E-state index contributed by atoms with van der Waals surface area (Å²) in [6.45, 7) is 7.37. The molecule has 0 fully saturated rings. The van der Waals surface area contributed by atoms with Gasteiger partial charge in [-0.25, -0.2) is 0 Å². The molecule has 1 unspecified atom stereocenters. The van der Waals surface area contributed by atoms with Crippen molar-refractivity contribution in [2.45, 2.75) is 39.7 Å². The zero-order valence-corrected chi connectivity index (χ0v) is 9.65. The third-order valence-electron chi connectivity index (χ3n) is 1.63. The van der Waals surface area contributed by atoms with Crippen molar-refractivity contribution >= 4 is 0 Å². The van der Waals surface area contributed by atoms with Crippen molar-refractivity contribution in [3.8, 4) is 0 Å². The van der Waals surface area contributed by atoms with Crippen molar-refractivity contribution in [2.24, 2.45) is 0 Å². The van der Waals surface area contributed by atoms with Crippen LogP contribution >= 0.6 is 0 Å². The van der Waals surface area contributed by atoms with E-state index in [0.29, 0.717) is 6.04 Å². The number of hydrogen-bond donors (Lipinski definition) is 1. The minimum absolute atomic E-state index is 0.667. The van der Waals surface area contributed by atoms with Gasteiger partial charge in [0, 0.05) is 12.6 Å². The van der Waals surface area contributed by atoms with Crippen molar-refractivity contribution in [3.63, 3.8) is 0 Å². The molecular formula is C10H26N2. The Balaban J connectivity index is 0. The van der Waals surface area contributed by atoms with E-state index in [4.69, 9.17) is 0 Å². The molecule has 0 aliphatic rings. The van der Waals surface area contributed by atoms with Crippen molar-refractivity contribution in [1.82, 2.24) is 10.2 Å². The van der Waals surface area contributed by atoms with Crippen LogP contribution in [0.5, 0.6) is 0 Å². The van der Waals surface area contributed by atoms with Crippen LogP contribution in [-0.2, 0) is 0 Å². The molecular weight excluding hydrogens is 148 g/mol. The van der Waals surface area contributed by atoms with E-state index in [-0.39, 0.29) is 0 Å². The molecule has 0 radical (unpaired) electrons. The smallest absolute Gasteiger partial charge is 0.0191 e. The van der Waals surface area contributed by atoms with Gasteiger partial charge in [0.2, 0.25) is 0 Å². The SMILES string of the molecule is CC.CCCC(CN(C)C)NC. The van der Waals surface area contributed by atoms with Crippen LogP contribution in [-0.4, -0.2) is 38.6 Å². The van der Waals surface area contributed by atoms with E-state index < -0.39 is 0 Å². The number of nitrogens with one attached hydrogen (secondary N) is 1. The maximum atomic E-state index is 3.29. The Labute approximate surface area is 78.3 Å². The van der Waals surface area contributed by atoms with Gasteiger partial charge in [0.15, 0.2) is 0 Å². The molecule has 0 aromatic carbocycles. The molecule has 1 N–H and O–H groups in total. The highest BCUT2D eigenvalue weighted by Gasteiger charge is 2.04. The molecule has 2 heteroatoms. The molecule has 0 rings (SSSR count). The van der Waals surface area contributed by atoms with Crippen molar-refractivity contribution in [1.29, 1.82) is 0 Å². The lowest BCUT2D eigenvalue weighted by atomic mass is 10.1. The summed E-state index contributed by atoms with van der Waals surface area (Å²) >= 11 is 0.